The van der Waals surface area contributed by atoms with E-state index < -0.39 is 4.92 Å². The van der Waals surface area contributed by atoms with E-state index in [4.69, 9.17) is 5.73 Å². The number of rotatable bonds is 3. The van der Waals surface area contributed by atoms with E-state index in [0.29, 0.717) is 13.0 Å². The first-order chi connectivity index (χ1) is 5.74. The fourth-order valence-corrected chi connectivity index (χ4v) is 0.929. The zero-order valence-corrected chi connectivity index (χ0v) is 6.49. The molecule has 0 fully saturated rings. The maximum absolute atomic E-state index is 10.2. The van der Waals surface area contributed by atoms with Gasteiger partial charge in [-0.15, -0.1) is 6.54 Å². The van der Waals surface area contributed by atoms with E-state index in [0.717, 1.165) is 5.56 Å². The molecule has 0 amide bonds. The summed E-state index contributed by atoms with van der Waals surface area (Å²) in [6.07, 6.45) is 0.651. The number of nitro groups is 1. The van der Waals surface area contributed by atoms with Gasteiger partial charge in [-0.1, -0.05) is 12.1 Å². The smallest absolute Gasteiger partial charge is 0.269 e. The Kier molecular flexibility index (Phi) is 2.76. The largest absolute Gasteiger partial charge is 0.677 e. The van der Waals surface area contributed by atoms with E-state index in [1.807, 2.05) is 0 Å². The van der Waals surface area contributed by atoms with Gasteiger partial charge in [-0.25, -0.2) is 0 Å². The number of hydrogen-bond acceptors (Lipinski definition) is 2. The van der Waals surface area contributed by atoms with Crippen LogP contribution in [0.1, 0.15) is 5.56 Å². The normalized spacial score (nSPS) is 9.75. The molecule has 0 atom stereocenters. The van der Waals surface area contributed by atoms with Crippen LogP contribution in [0.3, 0.4) is 0 Å². The molecule has 1 aromatic rings. The average Bonchev–Trinajstić information content (AvgIpc) is 2.06. The maximum Gasteiger partial charge on any atom is 0.269 e. The molecular weight excluding hydrogens is 156 g/mol. The molecule has 4 heteroatoms. The molecule has 0 radical (unpaired) electrons. The highest BCUT2D eigenvalue weighted by molar-refractivity contribution is 5.32. The zero-order chi connectivity index (χ0) is 8.97. The number of nitrogens with zero attached hydrogens (tertiary/aromatic N) is 1. The van der Waals surface area contributed by atoms with Crippen LogP contribution in [-0.4, -0.2) is 11.5 Å². The minimum absolute atomic E-state index is 0.101. The van der Waals surface area contributed by atoms with Gasteiger partial charge < -0.3 is 5.73 Å². The van der Waals surface area contributed by atoms with Crippen molar-refractivity contribution in [2.24, 2.45) is 0 Å². The Hall–Kier alpha value is -1.42. The second-order valence-electron chi connectivity index (χ2n) is 2.42. The number of benzene rings is 1. The van der Waals surface area contributed by atoms with Crippen molar-refractivity contribution < 1.29 is 4.92 Å². The lowest BCUT2D eigenvalue weighted by Crippen LogP contribution is -1.90. The fraction of sp³-hybridized carbons (Fsp3) is 0.250. The molecule has 0 spiro atoms. The molecule has 0 saturated carbocycles. The van der Waals surface area contributed by atoms with Crippen LogP contribution in [0.15, 0.2) is 24.3 Å². The SMILES string of the molecule is [NH-]CCc1ccc([N+](=O)[O-])cc1. The Balaban J connectivity index is 2.78. The topological polar surface area (TPSA) is 66.9 Å². The Bertz CT molecular complexity index is 269. The standard InChI is InChI=1S/C8H9N2O2/c9-6-5-7-1-3-8(4-2-7)10(11)12/h1-4,9H,5-6H2/q-1. The van der Waals surface area contributed by atoms with Crippen molar-refractivity contribution in [2.75, 3.05) is 6.54 Å². The van der Waals surface area contributed by atoms with Crippen LogP contribution in [0.4, 0.5) is 5.69 Å². The monoisotopic (exact) mass is 165 g/mol. The fourth-order valence-electron chi connectivity index (χ4n) is 0.929. The molecular formula is C8H9N2O2-. The molecule has 1 rings (SSSR count). The number of nitrogens with one attached hydrogen (secondary N) is 1. The lowest BCUT2D eigenvalue weighted by atomic mass is 10.1. The molecule has 0 aliphatic rings. The lowest BCUT2D eigenvalue weighted by molar-refractivity contribution is -0.384. The Morgan fingerprint density at radius 2 is 1.92 bits per heavy atom. The van der Waals surface area contributed by atoms with Crippen LogP contribution in [0.2, 0.25) is 0 Å². The summed E-state index contributed by atoms with van der Waals surface area (Å²) >= 11 is 0. The molecule has 64 valence electrons. The van der Waals surface area contributed by atoms with Gasteiger partial charge in [0, 0.05) is 12.1 Å². The summed E-state index contributed by atoms with van der Waals surface area (Å²) in [6.45, 7) is 0.317. The van der Waals surface area contributed by atoms with E-state index in [1.54, 1.807) is 12.1 Å². The molecule has 12 heavy (non-hydrogen) atoms. The third-order valence-electron chi connectivity index (χ3n) is 1.56. The molecule has 0 aromatic heterocycles. The number of nitro benzene ring substituents is 1. The van der Waals surface area contributed by atoms with Crippen molar-refractivity contribution in [1.29, 1.82) is 0 Å². The molecule has 0 heterocycles. The van der Waals surface area contributed by atoms with Crippen molar-refractivity contribution in [3.63, 3.8) is 0 Å². The van der Waals surface area contributed by atoms with Crippen molar-refractivity contribution in [3.05, 3.63) is 45.7 Å². The second kappa shape index (κ2) is 3.82. The van der Waals surface area contributed by atoms with E-state index in [2.05, 4.69) is 0 Å². The minimum atomic E-state index is -0.426. The average molecular weight is 165 g/mol. The first-order valence-electron chi connectivity index (χ1n) is 3.62. The Morgan fingerprint density at radius 1 is 1.33 bits per heavy atom. The summed E-state index contributed by atoms with van der Waals surface area (Å²) in [4.78, 5) is 9.81. The molecule has 0 aliphatic heterocycles. The van der Waals surface area contributed by atoms with E-state index in [1.165, 1.54) is 12.1 Å². The van der Waals surface area contributed by atoms with Gasteiger partial charge in [0.25, 0.3) is 5.69 Å². The van der Waals surface area contributed by atoms with Crippen LogP contribution in [-0.2, 0) is 6.42 Å². The van der Waals surface area contributed by atoms with Crippen LogP contribution in [0.5, 0.6) is 0 Å². The molecule has 0 unspecified atom stereocenters. The third kappa shape index (κ3) is 2.03. The van der Waals surface area contributed by atoms with Crippen molar-refractivity contribution in [2.45, 2.75) is 6.42 Å². The van der Waals surface area contributed by atoms with Crippen LogP contribution < -0.4 is 0 Å². The maximum atomic E-state index is 10.2. The third-order valence-corrected chi connectivity index (χ3v) is 1.56. The molecule has 0 saturated heterocycles. The highest BCUT2D eigenvalue weighted by atomic mass is 16.6. The summed E-state index contributed by atoms with van der Waals surface area (Å²) in [5.74, 6) is 0. The van der Waals surface area contributed by atoms with E-state index in [-0.39, 0.29) is 5.69 Å². The van der Waals surface area contributed by atoms with Gasteiger partial charge >= 0.3 is 0 Å². The Labute approximate surface area is 70.2 Å². The molecule has 0 bridgehead atoms. The first kappa shape index (κ1) is 8.67. The number of hydrogen-bond donors (Lipinski definition) is 0. The van der Waals surface area contributed by atoms with Gasteiger partial charge in [0.15, 0.2) is 0 Å². The van der Waals surface area contributed by atoms with E-state index >= 15 is 0 Å². The van der Waals surface area contributed by atoms with Gasteiger partial charge in [-0.3, -0.25) is 10.1 Å². The van der Waals surface area contributed by atoms with Crippen molar-refractivity contribution in [3.8, 4) is 0 Å². The van der Waals surface area contributed by atoms with Gasteiger partial charge in [0.2, 0.25) is 0 Å². The first-order valence-corrected chi connectivity index (χ1v) is 3.62. The predicted octanol–water partition coefficient (Wildman–Crippen LogP) is 2.19. The summed E-state index contributed by atoms with van der Waals surface area (Å²) in [6, 6.07) is 6.30. The summed E-state index contributed by atoms with van der Waals surface area (Å²) < 4.78 is 0. The van der Waals surface area contributed by atoms with Crippen molar-refractivity contribution in [1.82, 2.24) is 0 Å². The minimum Gasteiger partial charge on any atom is -0.677 e. The second-order valence-corrected chi connectivity index (χ2v) is 2.42. The van der Waals surface area contributed by atoms with Gasteiger partial charge in [-0.05, 0) is 12.0 Å². The molecule has 4 nitrogen and oxygen atoms in total. The summed E-state index contributed by atoms with van der Waals surface area (Å²) in [5, 5.41) is 10.2. The summed E-state index contributed by atoms with van der Waals surface area (Å²) in [7, 11) is 0. The molecule has 0 aliphatic carbocycles. The highest BCUT2D eigenvalue weighted by Gasteiger charge is 2.01. The quantitative estimate of drug-likeness (QED) is 0.508. The van der Waals surface area contributed by atoms with Crippen LogP contribution in [0.25, 0.3) is 5.73 Å². The van der Waals surface area contributed by atoms with Crippen LogP contribution in [0, 0.1) is 10.1 Å². The predicted molar refractivity (Wildman–Crippen MR) is 46.0 cm³/mol. The lowest BCUT2D eigenvalue weighted by Gasteiger charge is -2.00. The van der Waals surface area contributed by atoms with Crippen molar-refractivity contribution >= 4 is 5.69 Å². The van der Waals surface area contributed by atoms with Gasteiger partial charge in [0.1, 0.15) is 0 Å². The highest BCUT2D eigenvalue weighted by Crippen LogP contribution is 2.11. The van der Waals surface area contributed by atoms with Crippen LogP contribution >= 0.6 is 0 Å². The molecule has 1 aromatic carbocycles. The van der Waals surface area contributed by atoms with Gasteiger partial charge in [-0.2, -0.15) is 0 Å². The van der Waals surface area contributed by atoms with E-state index in [9.17, 15) is 10.1 Å². The van der Waals surface area contributed by atoms with Gasteiger partial charge in [0.05, 0.1) is 4.92 Å². The molecule has 1 N–H and O–H groups in total. The Morgan fingerprint density at radius 3 is 2.33 bits per heavy atom. The summed E-state index contributed by atoms with van der Waals surface area (Å²) in [5.41, 5.74) is 8.01. The number of non-ortho nitro benzene ring substituents is 1. The zero-order valence-electron chi connectivity index (χ0n) is 6.49.